The van der Waals surface area contributed by atoms with Crippen LogP contribution >= 0.6 is 15.9 Å². The average Bonchev–Trinajstić information content (AvgIpc) is 2.53. The van der Waals surface area contributed by atoms with Crippen molar-refractivity contribution in [2.45, 2.75) is 13.8 Å². The number of ether oxygens (including phenoxy) is 1. The van der Waals surface area contributed by atoms with Crippen molar-refractivity contribution >= 4 is 39.1 Å². The number of rotatable bonds is 5. The minimum absolute atomic E-state index is 0.0752. The molecule has 0 radical (unpaired) electrons. The average molecular weight is 391 g/mol. The molecule has 1 N–H and O–H groups in total. The fourth-order valence-corrected chi connectivity index (χ4v) is 2.95. The zero-order valence-electron chi connectivity index (χ0n) is 13.8. The van der Waals surface area contributed by atoms with Crippen molar-refractivity contribution < 1.29 is 14.3 Å². The first kappa shape index (κ1) is 18.0. The molecule has 0 spiro atoms. The number of anilines is 2. The molecule has 0 bridgehead atoms. The molecular weight excluding hydrogens is 372 g/mol. The molecule has 0 heterocycles. The van der Waals surface area contributed by atoms with E-state index < -0.39 is 0 Å². The lowest BCUT2D eigenvalue weighted by atomic mass is 10.2. The minimum Gasteiger partial charge on any atom is -0.497 e. The molecule has 6 heteroatoms. The van der Waals surface area contributed by atoms with Crippen LogP contribution in [-0.4, -0.2) is 25.5 Å². The Morgan fingerprint density at radius 1 is 1.21 bits per heavy atom. The van der Waals surface area contributed by atoms with Crippen molar-refractivity contribution in [2.75, 3.05) is 23.9 Å². The van der Waals surface area contributed by atoms with Gasteiger partial charge in [-0.1, -0.05) is 12.1 Å². The van der Waals surface area contributed by atoms with Crippen molar-refractivity contribution in [1.82, 2.24) is 0 Å². The van der Waals surface area contributed by atoms with Crippen molar-refractivity contribution in [3.05, 3.63) is 52.5 Å². The van der Waals surface area contributed by atoms with Crippen LogP contribution in [0.5, 0.6) is 5.75 Å². The lowest BCUT2D eigenvalue weighted by Gasteiger charge is -2.22. The number of amides is 2. The number of hydrogen-bond acceptors (Lipinski definition) is 3. The summed E-state index contributed by atoms with van der Waals surface area (Å²) in [6.07, 6.45) is 0. The van der Waals surface area contributed by atoms with Gasteiger partial charge in [0.1, 0.15) is 12.3 Å². The molecule has 2 aromatic carbocycles. The first-order valence-corrected chi connectivity index (χ1v) is 8.18. The summed E-state index contributed by atoms with van der Waals surface area (Å²) in [6, 6.07) is 12.7. The zero-order chi connectivity index (χ0) is 17.7. The molecule has 5 nitrogen and oxygen atoms in total. The lowest BCUT2D eigenvalue weighted by Crippen LogP contribution is -2.36. The number of carbonyl (C=O) groups is 2. The molecule has 2 amide bonds. The van der Waals surface area contributed by atoms with Gasteiger partial charge in [0.15, 0.2) is 0 Å². The van der Waals surface area contributed by atoms with Crippen molar-refractivity contribution in [2.24, 2.45) is 0 Å². The summed E-state index contributed by atoms with van der Waals surface area (Å²) in [5.74, 6) is 0.156. The van der Waals surface area contributed by atoms with Gasteiger partial charge in [-0.3, -0.25) is 9.59 Å². The fraction of sp³-hybridized carbons (Fsp3) is 0.222. The number of carbonyl (C=O) groups excluding carboxylic acids is 2. The van der Waals surface area contributed by atoms with Crippen molar-refractivity contribution in [3.8, 4) is 5.75 Å². The fourth-order valence-electron chi connectivity index (χ4n) is 2.24. The molecule has 0 saturated carbocycles. The Balaban J connectivity index is 2.15. The molecule has 0 atom stereocenters. The van der Waals surface area contributed by atoms with E-state index in [2.05, 4.69) is 21.2 Å². The zero-order valence-corrected chi connectivity index (χ0v) is 15.4. The highest BCUT2D eigenvalue weighted by Gasteiger charge is 2.18. The van der Waals surface area contributed by atoms with E-state index in [-0.39, 0.29) is 18.4 Å². The summed E-state index contributed by atoms with van der Waals surface area (Å²) >= 11 is 3.45. The molecule has 0 aliphatic carbocycles. The van der Waals surface area contributed by atoms with Gasteiger partial charge in [-0.05, 0) is 52.7 Å². The molecule has 0 aliphatic heterocycles. The quantitative estimate of drug-likeness (QED) is 0.845. The highest BCUT2D eigenvalue weighted by Crippen LogP contribution is 2.27. The normalized spacial score (nSPS) is 10.2. The number of nitrogens with zero attached hydrogens (tertiary/aromatic N) is 1. The first-order valence-electron chi connectivity index (χ1n) is 7.39. The van der Waals surface area contributed by atoms with Crippen LogP contribution in [0.1, 0.15) is 12.5 Å². The predicted octanol–water partition coefficient (Wildman–Crippen LogP) is 3.76. The molecule has 2 aromatic rings. The van der Waals surface area contributed by atoms with E-state index in [9.17, 15) is 9.59 Å². The Labute approximate surface area is 149 Å². The maximum atomic E-state index is 12.3. The number of benzene rings is 2. The van der Waals surface area contributed by atoms with Gasteiger partial charge < -0.3 is 15.0 Å². The first-order chi connectivity index (χ1) is 11.4. The highest BCUT2D eigenvalue weighted by molar-refractivity contribution is 9.10. The minimum atomic E-state index is -0.286. The van der Waals surface area contributed by atoms with E-state index in [1.54, 1.807) is 31.4 Å². The van der Waals surface area contributed by atoms with Gasteiger partial charge in [0.25, 0.3) is 0 Å². The predicted molar refractivity (Wildman–Crippen MR) is 98.5 cm³/mol. The molecule has 0 aromatic heterocycles. The smallest absolute Gasteiger partial charge is 0.244 e. The van der Waals surface area contributed by atoms with Crippen LogP contribution in [0.2, 0.25) is 0 Å². The molecular formula is C18H19BrN2O3. The number of nitrogens with one attached hydrogen (secondary N) is 1. The van der Waals surface area contributed by atoms with Crippen molar-refractivity contribution in [1.29, 1.82) is 0 Å². The number of methoxy groups -OCH3 is 1. The topological polar surface area (TPSA) is 58.6 Å². The molecule has 2 rings (SSSR count). The summed E-state index contributed by atoms with van der Waals surface area (Å²) < 4.78 is 5.90. The third-order valence-corrected chi connectivity index (χ3v) is 4.06. The monoisotopic (exact) mass is 390 g/mol. The second-order valence-corrected chi connectivity index (χ2v) is 6.19. The van der Waals surface area contributed by atoms with Crippen LogP contribution in [0.4, 0.5) is 11.4 Å². The number of hydrogen-bond donors (Lipinski definition) is 1. The lowest BCUT2D eigenvalue weighted by molar-refractivity contribution is -0.120. The Morgan fingerprint density at radius 2 is 1.96 bits per heavy atom. The van der Waals surface area contributed by atoms with Gasteiger partial charge >= 0.3 is 0 Å². The van der Waals surface area contributed by atoms with E-state index >= 15 is 0 Å². The second-order valence-electron chi connectivity index (χ2n) is 5.34. The van der Waals surface area contributed by atoms with Gasteiger partial charge in [0, 0.05) is 23.2 Å². The van der Waals surface area contributed by atoms with Crippen LogP contribution in [0.15, 0.2) is 46.9 Å². The third-order valence-electron chi connectivity index (χ3n) is 3.43. The standard InChI is InChI=1S/C18H19BrN2O3/c1-12-7-8-17(16(19)9-12)21(13(2)22)11-18(23)20-14-5-4-6-15(10-14)24-3/h4-10H,11H2,1-3H3,(H,20,23). The molecule has 126 valence electrons. The summed E-state index contributed by atoms with van der Waals surface area (Å²) in [4.78, 5) is 25.7. The van der Waals surface area contributed by atoms with Crippen LogP contribution in [0.25, 0.3) is 0 Å². The Hall–Kier alpha value is -2.34. The van der Waals surface area contributed by atoms with E-state index in [4.69, 9.17) is 4.74 Å². The van der Waals surface area contributed by atoms with Crippen molar-refractivity contribution in [3.63, 3.8) is 0 Å². The van der Waals surface area contributed by atoms with Crippen LogP contribution in [-0.2, 0) is 9.59 Å². The van der Waals surface area contributed by atoms with Gasteiger partial charge in [-0.15, -0.1) is 0 Å². The highest BCUT2D eigenvalue weighted by atomic mass is 79.9. The molecule has 24 heavy (non-hydrogen) atoms. The van der Waals surface area contributed by atoms with E-state index in [0.717, 1.165) is 10.0 Å². The summed E-state index contributed by atoms with van der Waals surface area (Å²) in [6.45, 7) is 3.32. The van der Waals surface area contributed by atoms with Gasteiger partial charge in [-0.25, -0.2) is 0 Å². The van der Waals surface area contributed by atoms with Gasteiger partial charge in [0.05, 0.1) is 12.8 Å². The Bertz CT molecular complexity index is 762. The van der Waals surface area contributed by atoms with Gasteiger partial charge in [0.2, 0.25) is 11.8 Å². The van der Waals surface area contributed by atoms with E-state index in [1.165, 1.54) is 11.8 Å². The largest absolute Gasteiger partial charge is 0.497 e. The summed E-state index contributed by atoms with van der Waals surface area (Å²) in [7, 11) is 1.56. The molecule has 0 aliphatic rings. The van der Waals surface area contributed by atoms with E-state index in [0.29, 0.717) is 17.1 Å². The molecule has 0 fully saturated rings. The maximum Gasteiger partial charge on any atom is 0.244 e. The second kappa shape index (κ2) is 7.97. The summed E-state index contributed by atoms with van der Waals surface area (Å²) in [5, 5.41) is 2.77. The van der Waals surface area contributed by atoms with Crippen LogP contribution < -0.4 is 15.0 Å². The third kappa shape index (κ3) is 4.58. The Kier molecular flexibility index (Phi) is 5.98. The molecule has 0 saturated heterocycles. The SMILES string of the molecule is COc1cccc(NC(=O)CN(C(C)=O)c2ccc(C)cc2Br)c1. The van der Waals surface area contributed by atoms with Gasteiger partial charge in [-0.2, -0.15) is 0 Å². The molecule has 0 unspecified atom stereocenters. The van der Waals surface area contributed by atoms with Crippen LogP contribution in [0.3, 0.4) is 0 Å². The van der Waals surface area contributed by atoms with E-state index in [1.807, 2.05) is 25.1 Å². The maximum absolute atomic E-state index is 12.3. The Morgan fingerprint density at radius 3 is 2.58 bits per heavy atom. The number of aryl methyl sites for hydroxylation is 1. The van der Waals surface area contributed by atoms with Crippen LogP contribution in [0, 0.1) is 6.92 Å². The number of halogens is 1. The summed E-state index contributed by atoms with van der Waals surface area (Å²) in [5.41, 5.74) is 2.34.